The molecule has 8 nitrogen and oxygen atoms in total. The monoisotopic (exact) mass is 411 g/mol. The molecule has 1 fully saturated rings. The van der Waals surface area contributed by atoms with E-state index in [4.69, 9.17) is 5.14 Å². The van der Waals surface area contributed by atoms with Crippen LogP contribution in [0.4, 0.5) is 0 Å². The van der Waals surface area contributed by atoms with Gasteiger partial charge in [-0.05, 0) is 35.9 Å². The number of primary sulfonamides is 1. The fourth-order valence-corrected chi connectivity index (χ4v) is 3.86. The quantitative estimate of drug-likeness (QED) is 0.659. The molecule has 1 amide bonds. The zero-order valence-electron chi connectivity index (χ0n) is 15.7. The van der Waals surface area contributed by atoms with Crippen molar-refractivity contribution in [3.63, 3.8) is 0 Å². The highest BCUT2D eigenvalue weighted by molar-refractivity contribution is 7.89. The van der Waals surface area contributed by atoms with Gasteiger partial charge in [0, 0.05) is 49.7 Å². The van der Waals surface area contributed by atoms with E-state index in [2.05, 4.69) is 15.3 Å². The number of piperazine rings is 1. The smallest absolute Gasteiger partial charge is 0.253 e. The zero-order valence-corrected chi connectivity index (χ0v) is 16.5. The maximum atomic E-state index is 12.5. The van der Waals surface area contributed by atoms with Crippen molar-refractivity contribution in [1.82, 2.24) is 20.2 Å². The number of carbonyl (C=O) groups is 1. The van der Waals surface area contributed by atoms with E-state index in [1.165, 1.54) is 12.1 Å². The molecule has 3 aromatic rings. The summed E-state index contributed by atoms with van der Waals surface area (Å²) in [5.41, 5.74) is 2.31. The van der Waals surface area contributed by atoms with E-state index in [0.717, 1.165) is 31.7 Å². The molecule has 0 bridgehead atoms. The van der Waals surface area contributed by atoms with Crippen molar-refractivity contribution in [2.45, 2.75) is 11.3 Å². The third kappa shape index (κ3) is 4.42. The molecule has 0 aliphatic carbocycles. The van der Waals surface area contributed by atoms with Gasteiger partial charge in [-0.25, -0.2) is 23.5 Å². The molecular formula is C20H21N5O3S. The van der Waals surface area contributed by atoms with Gasteiger partial charge in [0.15, 0.2) is 0 Å². The number of nitrogens with zero attached hydrogens (tertiary/aromatic N) is 3. The van der Waals surface area contributed by atoms with Crippen molar-refractivity contribution in [3.8, 4) is 0 Å². The predicted octanol–water partition coefficient (Wildman–Crippen LogP) is 0.913. The van der Waals surface area contributed by atoms with Gasteiger partial charge in [-0.15, -0.1) is 0 Å². The van der Waals surface area contributed by atoms with E-state index in [0.29, 0.717) is 28.7 Å². The summed E-state index contributed by atoms with van der Waals surface area (Å²) in [7, 11) is -3.76. The Morgan fingerprint density at radius 2 is 1.83 bits per heavy atom. The minimum atomic E-state index is -3.76. The maximum absolute atomic E-state index is 12.5. The summed E-state index contributed by atoms with van der Waals surface area (Å²) in [5, 5.41) is 9.01. The van der Waals surface area contributed by atoms with Crippen LogP contribution in [0.25, 0.3) is 10.9 Å². The summed E-state index contributed by atoms with van der Waals surface area (Å²) in [6.45, 7) is 3.08. The van der Waals surface area contributed by atoms with Gasteiger partial charge in [0.05, 0.1) is 10.4 Å². The Kier molecular flexibility index (Phi) is 5.27. The Bertz CT molecular complexity index is 1160. The molecule has 3 N–H and O–H groups in total. The minimum absolute atomic E-state index is 0.0334. The van der Waals surface area contributed by atoms with E-state index in [9.17, 15) is 13.2 Å². The summed E-state index contributed by atoms with van der Waals surface area (Å²) < 4.78 is 22.9. The molecule has 1 aliphatic rings. The Balaban J connectivity index is 1.50. The molecule has 29 heavy (non-hydrogen) atoms. The van der Waals surface area contributed by atoms with Gasteiger partial charge >= 0.3 is 0 Å². The Morgan fingerprint density at radius 3 is 2.52 bits per heavy atom. The molecule has 0 saturated carbocycles. The summed E-state index contributed by atoms with van der Waals surface area (Å²) in [6.07, 6.45) is 2.10. The molecule has 1 saturated heterocycles. The topological polar surface area (TPSA) is 118 Å². The standard InChI is InChI=1S/C20H21N5O3S/c21-29(27,28)17-5-6-18-16(12-17)13-23-19(24-18)11-14-1-3-15(4-2-14)20(26)25-9-7-22-8-10-25/h1-6,12-13,22H,7-11H2,(H2,21,27,28). The number of benzene rings is 2. The average molecular weight is 411 g/mol. The average Bonchev–Trinajstić information content (AvgIpc) is 2.73. The highest BCUT2D eigenvalue weighted by Crippen LogP contribution is 2.17. The molecule has 0 spiro atoms. The Labute approximate surface area is 168 Å². The lowest BCUT2D eigenvalue weighted by Crippen LogP contribution is -2.46. The van der Waals surface area contributed by atoms with Crippen LogP contribution >= 0.6 is 0 Å². The molecule has 2 heterocycles. The van der Waals surface area contributed by atoms with Crippen molar-refractivity contribution in [2.24, 2.45) is 5.14 Å². The van der Waals surface area contributed by atoms with Crippen molar-refractivity contribution in [1.29, 1.82) is 0 Å². The van der Waals surface area contributed by atoms with E-state index in [1.54, 1.807) is 12.3 Å². The zero-order chi connectivity index (χ0) is 20.4. The molecule has 0 atom stereocenters. The lowest BCUT2D eigenvalue weighted by atomic mass is 10.1. The molecule has 150 valence electrons. The predicted molar refractivity (Wildman–Crippen MR) is 109 cm³/mol. The fraction of sp³-hybridized carbons (Fsp3) is 0.250. The number of fused-ring (bicyclic) bond motifs is 1. The van der Waals surface area contributed by atoms with Crippen molar-refractivity contribution >= 4 is 26.8 Å². The highest BCUT2D eigenvalue weighted by Gasteiger charge is 2.17. The van der Waals surface area contributed by atoms with Crippen molar-refractivity contribution < 1.29 is 13.2 Å². The molecular weight excluding hydrogens is 390 g/mol. The summed E-state index contributed by atoms with van der Waals surface area (Å²) in [4.78, 5) is 23.2. The van der Waals surface area contributed by atoms with Crippen LogP contribution in [0.3, 0.4) is 0 Å². The van der Waals surface area contributed by atoms with Gasteiger partial charge in [-0.3, -0.25) is 4.79 Å². The lowest BCUT2D eigenvalue weighted by Gasteiger charge is -2.27. The Morgan fingerprint density at radius 1 is 1.10 bits per heavy atom. The molecule has 0 unspecified atom stereocenters. The molecule has 1 aliphatic heterocycles. The Hall–Kier alpha value is -2.88. The van der Waals surface area contributed by atoms with Crippen LogP contribution in [0.1, 0.15) is 21.7 Å². The van der Waals surface area contributed by atoms with Crippen molar-refractivity contribution in [3.05, 3.63) is 65.6 Å². The summed E-state index contributed by atoms with van der Waals surface area (Å²) in [6, 6.07) is 12.0. The van der Waals surface area contributed by atoms with Gasteiger partial charge in [-0.2, -0.15) is 0 Å². The first-order valence-electron chi connectivity index (χ1n) is 9.27. The number of sulfonamides is 1. The van der Waals surface area contributed by atoms with Crippen LogP contribution in [0.15, 0.2) is 53.6 Å². The highest BCUT2D eigenvalue weighted by atomic mass is 32.2. The molecule has 2 aromatic carbocycles. The first-order valence-corrected chi connectivity index (χ1v) is 10.8. The van der Waals surface area contributed by atoms with Crippen LogP contribution in [-0.4, -0.2) is 55.4 Å². The van der Waals surface area contributed by atoms with Gasteiger partial charge < -0.3 is 10.2 Å². The number of hydrogen-bond acceptors (Lipinski definition) is 6. The molecule has 0 radical (unpaired) electrons. The second-order valence-electron chi connectivity index (χ2n) is 6.97. The number of nitrogens with two attached hydrogens (primary N) is 1. The van der Waals surface area contributed by atoms with Crippen LogP contribution < -0.4 is 10.5 Å². The second-order valence-corrected chi connectivity index (χ2v) is 8.53. The minimum Gasteiger partial charge on any atom is -0.336 e. The van der Waals surface area contributed by atoms with Gasteiger partial charge in [-0.1, -0.05) is 12.1 Å². The first kappa shape index (κ1) is 19.4. The number of amides is 1. The molecule has 4 rings (SSSR count). The first-order chi connectivity index (χ1) is 13.9. The number of hydrogen-bond donors (Lipinski definition) is 2. The number of carbonyl (C=O) groups excluding carboxylic acids is 1. The largest absolute Gasteiger partial charge is 0.336 e. The van der Waals surface area contributed by atoms with E-state index < -0.39 is 10.0 Å². The van der Waals surface area contributed by atoms with Gasteiger partial charge in [0.25, 0.3) is 5.91 Å². The van der Waals surface area contributed by atoms with E-state index in [-0.39, 0.29) is 10.8 Å². The third-order valence-corrected chi connectivity index (χ3v) is 5.81. The molecule has 1 aromatic heterocycles. The van der Waals surface area contributed by atoms with Crippen LogP contribution in [0.2, 0.25) is 0 Å². The fourth-order valence-electron chi connectivity index (χ4n) is 3.31. The number of aromatic nitrogens is 2. The maximum Gasteiger partial charge on any atom is 0.253 e. The second kappa shape index (κ2) is 7.86. The number of nitrogens with one attached hydrogen (secondary N) is 1. The van der Waals surface area contributed by atoms with Crippen LogP contribution in [0, 0.1) is 0 Å². The van der Waals surface area contributed by atoms with Crippen molar-refractivity contribution in [2.75, 3.05) is 26.2 Å². The molecule has 9 heteroatoms. The van der Waals surface area contributed by atoms with Gasteiger partial charge in [0.2, 0.25) is 10.0 Å². The normalized spacial score (nSPS) is 14.9. The van der Waals surface area contributed by atoms with Gasteiger partial charge in [0.1, 0.15) is 5.82 Å². The SMILES string of the molecule is NS(=O)(=O)c1ccc2nc(Cc3ccc(C(=O)N4CCNCC4)cc3)ncc2c1. The van der Waals surface area contributed by atoms with Crippen LogP contribution in [-0.2, 0) is 16.4 Å². The number of rotatable bonds is 4. The lowest BCUT2D eigenvalue weighted by molar-refractivity contribution is 0.0736. The third-order valence-electron chi connectivity index (χ3n) is 4.90. The van der Waals surface area contributed by atoms with E-state index in [1.807, 2.05) is 29.2 Å². The summed E-state index contributed by atoms with van der Waals surface area (Å²) >= 11 is 0. The summed E-state index contributed by atoms with van der Waals surface area (Å²) in [5.74, 6) is 0.660. The van der Waals surface area contributed by atoms with Crippen LogP contribution in [0.5, 0.6) is 0 Å². The van der Waals surface area contributed by atoms with E-state index >= 15 is 0 Å².